The van der Waals surface area contributed by atoms with Gasteiger partial charge in [-0.05, 0) is 6.42 Å². The summed E-state index contributed by atoms with van der Waals surface area (Å²) in [5, 5.41) is 6.80. The monoisotopic (exact) mass is 193 g/mol. The average Bonchev–Trinajstić information content (AvgIpc) is 1.98. The van der Waals surface area contributed by atoms with Crippen molar-refractivity contribution < 1.29 is 8.42 Å². The van der Waals surface area contributed by atoms with Gasteiger partial charge >= 0.3 is 0 Å². The molecule has 0 aromatic rings. The van der Waals surface area contributed by atoms with Crippen LogP contribution in [0.3, 0.4) is 0 Å². The van der Waals surface area contributed by atoms with Gasteiger partial charge in [0.2, 0.25) is 10.0 Å². The summed E-state index contributed by atoms with van der Waals surface area (Å²) in [5.41, 5.74) is 4.98. The Morgan fingerprint density at radius 3 is 2.58 bits per heavy atom. The van der Waals surface area contributed by atoms with Gasteiger partial charge in [0.25, 0.3) is 0 Å². The van der Waals surface area contributed by atoms with E-state index in [0.29, 0.717) is 6.42 Å². The summed E-state index contributed by atoms with van der Waals surface area (Å²) < 4.78 is 24.3. The Labute approximate surface area is 72.9 Å². The van der Waals surface area contributed by atoms with Gasteiger partial charge in [0.1, 0.15) is 5.84 Å². The Morgan fingerprint density at radius 1 is 1.58 bits per heavy atom. The lowest BCUT2D eigenvalue weighted by molar-refractivity contribution is 0.583. The van der Waals surface area contributed by atoms with E-state index in [4.69, 9.17) is 11.1 Å². The van der Waals surface area contributed by atoms with Crippen LogP contribution in [0.2, 0.25) is 0 Å². The molecule has 0 aliphatic rings. The summed E-state index contributed by atoms with van der Waals surface area (Å²) in [4.78, 5) is 0. The lowest BCUT2D eigenvalue weighted by atomic mass is 10.4. The number of rotatable bonds is 6. The Morgan fingerprint density at radius 2 is 2.17 bits per heavy atom. The molecule has 0 aromatic carbocycles. The molecule has 0 saturated carbocycles. The van der Waals surface area contributed by atoms with E-state index < -0.39 is 10.0 Å². The maximum Gasteiger partial charge on any atom is 0.212 e. The van der Waals surface area contributed by atoms with Crippen molar-refractivity contribution in [1.29, 1.82) is 5.41 Å². The first-order valence-corrected chi connectivity index (χ1v) is 5.43. The van der Waals surface area contributed by atoms with Crippen molar-refractivity contribution >= 4 is 15.9 Å². The number of amidine groups is 1. The maximum atomic E-state index is 11.0. The molecule has 0 saturated heterocycles. The van der Waals surface area contributed by atoms with Crippen molar-refractivity contribution in [3.8, 4) is 0 Å². The topological polar surface area (TPSA) is 96.0 Å². The molecule has 0 unspecified atom stereocenters. The molecule has 4 N–H and O–H groups in total. The van der Waals surface area contributed by atoms with E-state index in [0.717, 1.165) is 6.42 Å². The van der Waals surface area contributed by atoms with Crippen molar-refractivity contribution in [2.75, 3.05) is 12.3 Å². The Balaban J connectivity index is 3.80. The quantitative estimate of drug-likeness (QED) is 0.397. The highest BCUT2D eigenvalue weighted by Crippen LogP contribution is 1.92. The van der Waals surface area contributed by atoms with Crippen molar-refractivity contribution in [2.45, 2.75) is 19.8 Å². The van der Waals surface area contributed by atoms with Crippen LogP contribution in [-0.4, -0.2) is 26.6 Å². The van der Waals surface area contributed by atoms with Gasteiger partial charge in [0, 0.05) is 0 Å². The third-order valence-corrected chi connectivity index (χ3v) is 2.66. The number of hydrogen-bond donors (Lipinski definition) is 3. The zero-order chi connectivity index (χ0) is 9.61. The summed E-state index contributed by atoms with van der Waals surface area (Å²) in [7, 11) is -3.21. The molecule has 0 spiro atoms. The van der Waals surface area contributed by atoms with E-state index in [2.05, 4.69) is 4.72 Å². The Kier molecular flexibility index (Phi) is 4.84. The first kappa shape index (κ1) is 11.4. The third-order valence-electron chi connectivity index (χ3n) is 1.25. The fourth-order valence-corrected chi connectivity index (χ4v) is 1.78. The van der Waals surface area contributed by atoms with Crippen LogP contribution in [0.1, 0.15) is 19.8 Å². The number of nitrogens with one attached hydrogen (secondary N) is 2. The van der Waals surface area contributed by atoms with Crippen molar-refractivity contribution in [3.05, 3.63) is 0 Å². The van der Waals surface area contributed by atoms with Crippen LogP contribution < -0.4 is 10.5 Å². The molecule has 0 fully saturated rings. The van der Waals surface area contributed by atoms with E-state index >= 15 is 0 Å². The molecular formula is C6H15N3O2S. The zero-order valence-corrected chi connectivity index (χ0v) is 7.95. The van der Waals surface area contributed by atoms with E-state index in [1.807, 2.05) is 6.92 Å². The number of unbranched alkanes of at least 4 members (excludes halogenated alkanes) is 1. The minimum absolute atomic E-state index is 0.0912. The lowest BCUT2D eigenvalue weighted by Crippen LogP contribution is -2.34. The molecule has 5 nitrogen and oxygen atoms in total. The standard InChI is InChI=1S/C6H15N3O2S/c1-2-3-4-12(10,11)9-5-6(7)8/h9H,2-5H2,1H3,(H3,7,8). The van der Waals surface area contributed by atoms with Gasteiger partial charge in [0.15, 0.2) is 0 Å². The first-order valence-electron chi connectivity index (χ1n) is 3.78. The molecule has 0 aliphatic heterocycles. The lowest BCUT2D eigenvalue weighted by Gasteiger charge is -2.03. The Hall–Kier alpha value is -0.620. The van der Waals surface area contributed by atoms with E-state index in [9.17, 15) is 8.42 Å². The smallest absolute Gasteiger partial charge is 0.212 e. The molecule has 0 atom stereocenters. The first-order chi connectivity index (χ1) is 5.48. The van der Waals surface area contributed by atoms with Crippen LogP contribution in [0, 0.1) is 5.41 Å². The fourth-order valence-electron chi connectivity index (χ4n) is 0.594. The van der Waals surface area contributed by atoms with Crippen molar-refractivity contribution in [2.24, 2.45) is 5.73 Å². The second-order valence-electron chi connectivity index (χ2n) is 2.52. The summed E-state index contributed by atoms with van der Waals surface area (Å²) in [6, 6.07) is 0. The molecule has 0 aliphatic carbocycles. The molecule has 0 rings (SSSR count). The Bertz CT molecular complexity index is 235. The predicted molar refractivity (Wildman–Crippen MR) is 48.6 cm³/mol. The van der Waals surface area contributed by atoms with Crippen LogP contribution in [0.5, 0.6) is 0 Å². The van der Waals surface area contributed by atoms with Gasteiger partial charge < -0.3 is 5.73 Å². The second kappa shape index (κ2) is 5.10. The molecule has 6 heteroatoms. The normalized spacial score (nSPS) is 11.4. The van der Waals surface area contributed by atoms with Crippen LogP contribution in [-0.2, 0) is 10.0 Å². The third kappa shape index (κ3) is 6.11. The number of hydrogen-bond acceptors (Lipinski definition) is 3. The minimum Gasteiger partial charge on any atom is -0.387 e. The molecule has 0 aromatic heterocycles. The number of nitrogens with two attached hydrogens (primary N) is 1. The van der Waals surface area contributed by atoms with Gasteiger partial charge in [-0.15, -0.1) is 0 Å². The van der Waals surface area contributed by atoms with Gasteiger partial charge in [-0.1, -0.05) is 13.3 Å². The molecule has 12 heavy (non-hydrogen) atoms. The molecule has 0 heterocycles. The summed E-state index contributed by atoms with van der Waals surface area (Å²) in [5.74, 6) is -0.0633. The van der Waals surface area contributed by atoms with Crippen molar-refractivity contribution in [1.82, 2.24) is 4.72 Å². The predicted octanol–water partition coefficient (Wildman–Crippen LogP) is -0.358. The highest BCUT2D eigenvalue weighted by molar-refractivity contribution is 7.89. The van der Waals surface area contributed by atoms with Crippen LogP contribution in [0.4, 0.5) is 0 Å². The van der Waals surface area contributed by atoms with E-state index in [1.54, 1.807) is 0 Å². The SMILES string of the molecule is CCCCS(=O)(=O)NCC(=N)N. The fraction of sp³-hybridized carbons (Fsp3) is 0.833. The molecule has 0 amide bonds. The summed E-state index contributed by atoms with van der Waals surface area (Å²) in [6.07, 6.45) is 1.47. The highest BCUT2D eigenvalue weighted by Gasteiger charge is 2.08. The molecule has 72 valence electrons. The van der Waals surface area contributed by atoms with Gasteiger partial charge in [-0.2, -0.15) is 0 Å². The van der Waals surface area contributed by atoms with E-state index in [1.165, 1.54) is 0 Å². The maximum absolute atomic E-state index is 11.0. The summed E-state index contributed by atoms with van der Waals surface area (Å²) >= 11 is 0. The van der Waals surface area contributed by atoms with Crippen molar-refractivity contribution in [3.63, 3.8) is 0 Å². The van der Waals surface area contributed by atoms with Gasteiger partial charge in [-0.3, -0.25) is 5.41 Å². The molecule has 0 bridgehead atoms. The van der Waals surface area contributed by atoms with Crippen LogP contribution in [0.15, 0.2) is 0 Å². The largest absolute Gasteiger partial charge is 0.387 e. The van der Waals surface area contributed by atoms with Crippen LogP contribution >= 0.6 is 0 Å². The molecular weight excluding hydrogens is 178 g/mol. The summed E-state index contributed by atoms with van der Waals surface area (Å²) in [6.45, 7) is 1.83. The highest BCUT2D eigenvalue weighted by atomic mass is 32.2. The van der Waals surface area contributed by atoms with Gasteiger partial charge in [-0.25, -0.2) is 13.1 Å². The van der Waals surface area contributed by atoms with E-state index in [-0.39, 0.29) is 18.1 Å². The minimum atomic E-state index is -3.21. The second-order valence-corrected chi connectivity index (χ2v) is 4.45. The zero-order valence-electron chi connectivity index (χ0n) is 7.13. The van der Waals surface area contributed by atoms with Crippen LogP contribution in [0.25, 0.3) is 0 Å². The average molecular weight is 193 g/mol. The van der Waals surface area contributed by atoms with Gasteiger partial charge in [0.05, 0.1) is 12.3 Å². The molecule has 0 radical (unpaired) electrons. The number of sulfonamides is 1.